The van der Waals surface area contributed by atoms with Crippen LogP contribution in [0.5, 0.6) is 0 Å². The van der Waals surface area contributed by atoms with Gasteiger partial charge in [0.2, 0.25) is 11.8 Å². The van der Waals surface area contributed by atoms with Gasteiger partial charge in [0.25, 0.3) is 5.69 Å². The van der Waals surface area contributed by atoms with Gasteiger partial charge in [-0.25, -0.2) is 0 Å². The summed E-state index contributed by atoms with van der Waals surface area (Å²) in [5, 5.41) is 13.8. The van der Waals surface area contributed by atoms with Crippen LogP contribution < -0.4 is 5.32 Å². The predicted molar refractivity (Wildman–Crippen MR) is 106 cm³/mol. The quantitative estimate of drug-likeness (QED) is 0.440. The van der Waals surface area contributed by atoms with Crippen molar-refractivity contribution in [3.05, 3.63) is 34.4 Å². The standard InChI is InChI=1S/C20H28N4O4/c25-19(4-3-11-21-17-5-7-18(8-6-17)24(27)28)22-14-9-16(10-15-22)20(26)23-12-1-2-13-23/h5-8,16,21H,1-4,9-15H2. The zero-order valence-corrected chi connectivity index (χ0v) is 16.1. The second-order valence-electron chi connectivity index (χ2n) is 7.52. The van der Waals surface area contributed by atoms with Gasteiger partial charge in [-0.3, -0.25) is 19.7 Å². The van der Waals surface area contributed by atoms with Crippen LogP contribution in [0.2, 0.25) is 0 Å². The number of nitro benzene ring substituents is 1. The number of likely N-dealkylation sites (tertiary alicyclic amines) is 2. The smallest absolute Gasteiger partial charge is 0.269 e. The lowest BCUT2D eigenvalue weighted by molar-refractivity contribution is -0.384. The summed E-state index contributed by atoms with van der Waals surface area (Å²) in [5.41, 5.74) is 0.867. The number of benzene rings is 1. The highest BCUT2D eigenvalue weighted by atomic mass is 16.6. The molecule has 152 valence electrons. The summed E-state index contributed by atoms with van der Waals surface area (Å²) in [7, 11) is 0. The molecular formula is C20H28N4O4. The van der Waals surface area contributed by atoms with Crippen molar-refractivity contribution in [3.63, 3.8) is 0 Å². The third kappa shape index (κ3) is 5.21. The summed E-state index contributed by atoms with van der Waals surface area (Å²) in [6.07, 6.45) is 4.91. The van der Waals surface area contributed by atoms with E-state index in [4.69, 9.17) is 0 Å². The highest BCUT2D eigenvalue weighted by Gasteiger charge is 2.30. The molecule has 2 aliphatic rings. The number of piperidine rings is 1. The Bertz CT molecular complexity index is 693. The molecule has 0 unspecified atom stereocenters. The van der Waals surface area contributed by atoms with E-state index in [1.807, 2.05) is 9.80 Å². The molecule has 0 saturated carbocycles. The molecule has 2 heterocycles. The number of anilines is 1. The van der Waals surface area contributed by atoms with Gasteiger partial charge in [0.05, 0.1) is 4.92 Å². The van der Waals surface area contributed by atoms with Gasteiger partial charge in [-0.1, -0.05) is 0 Å². The fraction of sp³-hybridized carbons (Fsp3) is 0.600. The Morgan fingerprint density at radius 1 is 1.04 bits per heavy atom. The average molecular weight is 388 g/mol. The number of hydrogen-bond donors (Lipinski definition) is 1. The minimum Gasteiger partial charge on any atom is -0.385 e. The summed E-state index contributed by atoms with van der Waals surface area (Å²) in [6.45, 7) is 3.74. The molecule has 8 nitrogen and oxygen atoms in total. The van der Waals surface area contributed by atoms with Crippen molar-refractivity contribution in [1.82, 2.24) is 9.80 Å². The van der Waals surface area contributed by atoms with Gasteiger partial charge in [-0.2, -0.15) is 0 Å². The Balaban J connectivity index is 1.33. The Hall–Kier alpha value is -2.64. The molecule has 0 aromatic heterocycles. The third-order valence-electron chi connectivity index (χ3n) is 5.59. The van der Waals surface area contributed by atoms with Gasteiger partial charge < -0.3 is 15.1 Å². The second-order valence-corrected chi connectivity index (χ2v) is 7.52. The molecular weight excluding hydrogens is 360 g/mol. The van der Waals surface area contributed by atoms with Crippen LogP contribution in [0.25, 0.3) is 0 Å². The minimum absolute atomic E-state index is 0.0624. The number of amides is 2. The lowest BCUT2D eigenvalue weighted by Gasteiger charge is -2.33. The summed E-state index contributed by atoms with van der Waals surface area (Å²) in [6, 6.07) is 6.26. The minimum atomic E-state index is -0.426. The van der Waals surface area contributed by atoms with Crippen molar-refractivity contribution in [3.8, 4) is 0 Å². The Labute approximate surface area is 165 Å². The van der Waals surface area contributed by atoms with Gasteiger partial charge in [0.15, 0.2) is 0 Å². The molecule has 0 aliphatic carbocycles. The van der Waals surface area contributed by atoms with Crippen LogP contribution in [0.4, 0.5) is 11.4 Å². The second kappa shape index (κ2) is 9.52. The normalized spacial score (nSPS) is 17.6. The SMILES string of the molecule is O=C(CCCNc1ccc([N+](=O)[O-])cc1)N1CCC(C(=O)N2CCCC2)CC1. The molecule has 0 atom stereocenters. The fourth-order valence-electron chi connectivity index (χ4n) is 3.90. The number of rotatable bonds is 7. The summed E-state index contributed by atoms with van der Waals surface area (Å²) in [4.78, 5) is 38.9. The molecule has 28 heavy (non-hydrogen) atoms. The molecule has 1 N–H and O–H groups in total. The largest absolute Gasteiger partial charge is 0.385 e. The van der Waals surface area contributed by atoms with E-state index in [0.29, 0.717) is 32.5 Å². The van der Waals surface area contributed by atoms with Gasteiger partial charge in [0, 0.05) is 62.9 Å². The Morgan fingerprint density at radius 3 is 2.29 bits per heavy atom. The predicted octanol–water partition coefficient (Wildman–Crippen LogP) is 2.65. The highest BCUT2D eigenvalue weighted by molar-refractivity contribution is 5.80. The van der Waals surface area contributed by atoms with E-state index < -0.39 is 4.92 Å². The molecule has 2 amide bonds. The van der Waals surface area contributed by atoms with Crippen LogP contribution in [0.15, 0.2) is 24.3 Å². The van der Waals surface area contributed by atoms with E-state index in [0.717, 1.165) is 44.5 Å². The molecule has 1 aromatic rings. The number of carbonyl (C=O) groups excluding carboxylic acids is 2. The summed E-state index contributed by atoms with van der Waals surface area (Å²) < 4.78 is 0. The number of nitrogens with zero attached hydrogens (tertiary/aromatic N) is 3. The Kier molecular flexibility index (Phi) is 6.84. The first-order valence-corrected chi connectivity index (χ1v) is 10.1. The topological polar surface area (TPSA) is 95.8 Å². The molecule has 0 spiro atoms. The number of non-ortho nitro benzene ring substituents is 1. The monoisotopic (exact) mass is 388 g/mol. The Morgan fingerprint density at radius 2 is 1.68 bits per heavy atom. The van der Waals surface area contributed by atoms with E-state index in [9.17, 15) is 19.7 Å². The first kappa shape index (κ1) is 20.1. The van der Waals surface area contributed by atoms with Crippen molar-refractivity contribution >= 4 is 23.2 Å². The maximum atomic E-state index is 12.5. The van der Waals surface area contributed by atoms with E-state index in [1.165, 1.54) is 12.1 Å². The fourth-order valence-corrected chi connectivity index (χ4v) is 3.90. The van der Waals surface area contributed by atoms with Crippen LogP contribution in [-0.4, -0.2) is 59.3 Å². The molecule has 2 aliphatic heterocycles. The van der Waals surface area contributed by atoms with Crippen molar-refractivity contribution in [2.24, 2.45) is 5.92 Å². The molecule has 2 fully saturated rings. The highest BCUT2D eigenvalue weighted by Crippen LogP contribution is 2.22. The van der Waals surface area contributed by atoms with E-state index >= 15 is 0 Å². The van der Waals surface area contributed by atoms with Crippen molar-refractivity contribution in [2.45, 2.75) is 38.5 Å². The first-order valence-electron chi connectivity index (χ1n) is 10.1. The molecule has 2 saturated heterocycles. The van der Waals surface area contributed by atoms with E-state index in [1.54, 1.807) is 12.1 Å². The van der Waals surface area contributed by atoms with E-state index in [2.05, 4.69) is 5.32 Å². The van der Waals surface area contributed by atoms with Crippen LogP contribution in [0, 0.1) is 16.0 Å². The summed E-state index contributed by atoms with van der Waals surface area (Å²) >= 11 is 0. The molecule has 8 heteroatoms. The zero-order chi connectivity index (χ0) is 19.9. The van der Waals surface area contributed by atoms with Crippen LogP contribution in [-0.2, 0) is 9.59 Å². The van der Waals surface area contributed by atoms with Crippen molar-refractivity contribution < 1.29 is 14.5 Å². The van der Waals surface area contributed by atoms with Crippen LogP contribution in [0.1, 0.15) is 38.5 Å². The molecule has 1 aromatic carbocycles. The lowest BCUT2D eigenvalue weighted by Crippen LogP contribution is -2.43. The maximum absolute atomic E-state index is 12.5. The number of carbonyl (C=O) groups is 2. The van der Waals surface area contributed by atoms with Crippen molar-refractivity contribution in [1.29, 1.82) is 0 Å². The number of nitro groups is 1. The summed E-state index contributed by atoms with van der Waals surface area (Å²) in [5.74, 6) is 0.487. The molecule has 0 radical (unpaired) electrons. The van der Waals surface area contributed by atoms with Gasteiger partial charge in [0.1, 0.15) is 0 Å². The lowest BCUT2D eigenvalue weighted by atomic mass is 9.95. The van der Waals surface area contributed by atoms with Gasteiger partial charge >= 0.3 is 0 Å². The molecule has 3 rings (SSSR count). The van der Waals surface area contributed by atoms with E-state index in [-0.39, 0.29) is 23.4 Å². The van der Waals surface area contributed by atoms with Gasteiger partial charge in [-0.05, 0) is 44.2 Å². The van der Waals surface area contributed by atoms with Crippen LogP contribution in [0.3, 0.4) is 0 Å². The van der Waals surface area contributed by atoms with Gasteiger partial charge in [-0.15, -0.1) is 0 Å². The zero-order valence-electron chi connectivity index (χ0n) is 16.1. The maximum Gasteiger partial charge on any atom is 0.269 e. The van der Waals surface area contributed by atoms with Crippen molar-refractivity contribution in [2.75, 3.05) is 38.0 Å². The van der Waals surface area contributed by atoms with Crippen LogP contribution >= 0.6 is 0 Å². The number of hydrogen-bond acceptors (Lipinski definition) is 5. The third-order valence-corrected chi connectivity index (χ3v) is 5.59. The average Bonchev–Trinajstić information content (AvgIpc) is 3.26. The number of nitrogens with one attached hydrogen (secondary N) is 1. The first-order chi connectivity index (χ1) is 13.5. The molecule has 0 bridgehead atoms.